The summed E-state index contributed by atoms with van der Waals surface area (Å²) in [7, 11) is -0.342. The summed E-state index contributed by atoms with van der Waals surface area (Å²) >= 11 is 0. The number of hydrogen-bond donors (Lipinski definition) is 1. The maximum Gasteiger partial charge on any atom is 0.490 e. The van der Waals surface area contributed by atoms with Gasteiger partial charge in [-0.25, -0.2) is 4.79 Å². The summed E-state index contributed by atoms with van der Waals surface area (Å²) in [5, 5.41) is 2.98. The Morgan fingerprint density at radius 3 is 2.00 bits per heavy atom. The zero-order valence-corrected chi connectivity index (χ0v) is 16.9. The summed E-state index contributed by atoms with van der Waals surface area (Å²) in [4.78, 5) is 11.9. The quantitative estimate of drug-likeness (QED) is 0.772. The molecular formula is C19H34BNO4. The van der Waals surface area contributed by atoms with Crippen molar-refractivity contribution in [1.29, 1.82) is 0 Å². The van der Waals surface area contributed by atoms with E-state index in [-0.39, 0.29) is 30.5 Å². The van der Waals surface area contributed by atoms with Crippen LogP contribution in [0.1, 0.15) is 74.1 Å². The van der Waals surface area contributed by atoms with Gasteiger partial charge in [0.1, 0.15) is 5.60 Å². The summed E-state index contributed by atoms with van der Waals surface area (Å²) in [6.07, 6.45) is 3.46. The van der Waals surface area contributed by atoms with Gasteiger partial charge >= 0.3 is 13.2 Å². The molecule has 1 aliphatic heterocycles. The Labute approximate surface area is 153 Å². The van der Waals surface area contributed by atoms with Crippen molar-refractivity contribution in [2.24, 2.45) is 5.92 Å². The van der Waals surface area contributed by atoms with Crippen LogP contribution < -0.4 is 5.32 Å². The first-order chi connectivity index (χ1) is 11.3. The highest BCUT2D eigenvalue weighted by Crippen LogP contribution is 2.41. The van der Waals surface area contributed by atoms with E-state index in [0.29, 0.717) is 5.92 Å². The molecule has 2 aliphatic rings. The average molecular weight is 351 g/mol. The first-order valence-electron chi connectivity index (χ1n) is 9.34. The van der Waals surface area contributed by atoms with Crippen molar-refractivity contribution in [3.05, 3.63) is 12.1 Å². The van der Waals surface area contributed by atoms with Gasteiger partial charge in [-0.3, -0.25) is 0 Å². The van der Waals surface area contributed by atoms with Crippen LogP contribution in [0.15, 0.2) is 12.1 Å². The topological polar surface area (TPSA) is 56.8 Å². The standard InChI is InChI=1S/C19H34BNO4/c1-13(20-24-18(5,6)19(7,8)25-20)14-9-11-15(12-10-14)21-16(22)23-17(2,3)4/h14-15H,1,9-12H2,2-8H3,(H,21,22)/t14-,15-. The summed E-state index contributed by atoms with van der Waals surface area (Å²) in [5.74, 6) is 0.367. The van der Waals surface area contributed by atoms with E-state index in [4.69, 9.17) is 14.0 Å². The van der Waals surface area contributed by atoms with Crippen molar-refractivity contribution >= 4 is 13.2 Å². The van der Waals surface area contributed by atoms with E-state index in [2.05, 4.69) is 39.6 Å². The Balaban J connectivity index is 1.82. The van der Waals surface area contributed by atoms with Gasteiger partial charge in [0.2, 0.25) is 0 Å². The summed E-state index contributed by atoms with van der Waals surface area (Å²) < 4.78 is 17.6. The van der Waals surface area contributed by atoms with Crippen LogP contribution in [0.2, 0.25) is 0 Å². The minimum absolute atomic E-state index is 0.164. The van der Waals surface area contributed by atoms with Crippen LogP contribution >= 0.6 is 0 Å². The molecule has 1 heterocycles. The van der Waals surface area contributed by atoms with E-state index < -0.39 is 5.60 Å². The van der Waals surface area contributed by atoms with Gasteiger partial charge in [0.25, 0.3) is 0 Å². The molecule has 0 aromatic carbocycles. The molecule has 1 amide bonds. The lowest BCUT2D eigenvalue weighted by Gasteiger charge is -2.32. The van der Waals surface area contributed by atoms with Crippen LogP contribution in [0.25, 0.3) is 0 Å². The first-order valence-corrected chi connectivity index (χ1v) is 9.34. The van der Waals surface area contributed by atoms with Crippen molar-refractivity contribution in [3.63, 3.8) is 0 Å². The fraction of sp³-hybridized carbons (Fsp3) is 0.842. The van der Waals surface area contributed by atoms with Crippen LogP contribution in [-0.2, 0) is 14.0 Å². The van der Waals surface area contributed by atoms with Gasteiger partial charge in [0, 0.05) is 6.04 Å². The molecule has 142 valence electrons. The van der Waals surface area contributed by atoms with Crippen LogP contribution in [0, 0.1) is 5.92 Å². The van der Waals surface area contributed by atoms with Crippen molar-refractivity contribution in [2.45, 2.75) is 97.0 Å². The molecule has 0 spiro atoms. The number of carbonyl (C=O) groups is 1. The average Bonchev–Trinajstić information content (AvgIpc) is 2.65. The molecule has 1 aliphatic carbocycles. The third-order valence-electron chi connectivity index (χ3n) is 5.53. The molecule has 0 aromatic rings. The molecule has 25 heavy (non-hydrogen) atoms. The van der Waals surface area contributed by atoms with Crippen molar-refractivity contribution in [1.82, 2.24) is 5.32 Å². The number of amides is 1. The second-order valence-corrected chi connectivity index (χ2v) is 9.36. The number of ether oxygens (including phenoxy) is 1. The maximum atomic E-state index is 11.9. The van der Waals surface area contributed by atoms with Crippen LogP contribution in [0.3, 0.4) is 0 Å². The highest BCUT2D eigenvalue weighted by Gasteiger charge is 2.52. The second kappa shape index (κ2) is 6.95. The lowest BCUT2D eigenvalue weighted by atomic mass is 9.67. The molecule has 6 heteroatoms. The van der Waals surface area contributed by atoms with Crippen molar-refractivity contribution < 1.29 is 18.8 Å². The second-order valence-electron chi connectivity index (χ2n) is 9.36. The SMILES string of the molecule is C=C(B1OC(C)(C)C(C)(C)O1)[C@H]1CC[C@H](NC(=O)OC(C)(C)C)CC1. The summed E-state index contributed by atoms with van der Waals surface area (Å²) in [6, 6.07) is 0.164. The van der Waals surface area contributed by atoms with E-state index in [1.54, 1.807) is 0 Å². The van der Waals surface area contributed by atoms with Gasteiger partial charge in [-0.05, 0) is 85.5 Å². The van der Waals surface area contributed by atoms with E-state index in [1.807, 2.05) is 20.8 Å². The molecule has 0 bridgehead atoms. The summed E-state index contributed by atoms with van der Waals surface area (Å²) in [6.45, 7) is 18.1. The van der Waals surface area contributed by atoms with Gasteiger partial charge in [-0.1, -0.05) is 0 Å². The van der Waals surface area contributed by atoms with Gasteiger partial charge in [-0.2, -0.15) is 0 Å². The van der Waals surface area contributed by atoms with E-state index >= 15 is 0 Å². The largest absolute Gasteiger partial charge is 0.490 e. The van der Waals surface area contributed by atoms with E-state index in [1.165, 1.54) is 0 Å². The molecule has 0 aromatic heterocycles. The minimum atomic E-state index is -0.466. The molecular weight excluding hydrogens is 317 g/mol. The van der Waals surface area contributed by atoms with Gasteiger partial charge in [0.15, 0.2) is 0 Å². The minimum Gasteiger partial charge on any atom is -0.444 e. The number of hydrogen-bond acceptors (Lipinski definition) is 4. The molecule has 1 N–H and O–H groups in total. The van der Waals surface area contributed by atoms with E-state index in [0.717, 1.165) is 31.2 Å². The predicted molar refractivity (Wildman–Crippen MR) is 100 cm³/mol. The fourth-order valence-electron chi connectivity index (χ4n) is 3.27. The smallest absolute Gasteiger partial charge is 0.444 e. The van der Waals surface area contributed by atoms with Crippen molar-refractivity contribution in [2.75, 3.05) is 0 Å². The number of carbonyl (C=O) groups excluding carboxylic acids is 1. The monoisotopic (exact) mass is 351 g/mol. The van der Waals surface area contributed by atoms with Gasteiger partial charge in [0.05, 0.1) is 11.2 Å². The molecule has 0 unspecified atom stereocenters. The number of allylic oxidation sites excluding steroid dienone is 1. The molecule has 0 atom stereocenters. The number of alkyl carbamates (subject to hydrolysis) is 1. The zero-order valence-electron chi connectivity index (χ0n) is 16.9. The predicted octanol–water partition coefficient (Wildman–Crippen LogP) is 4.26. The highest BCUT2D eigenvalue weighted by molar-refractivity contribution is 6.54. The first kappa shape index (κ1) is 20.3. The van der Waals surface area contributed by atoms with Crippen LogP contribution in [-0.4, -0.2) is 36.1 Å². The molecule has 1 saturated carbocycles. The molecule has 1 saturated heterocycles. The number of nitrogens with one attached hydrogen (secondary N) is 1. The van der Waals surface area contributed by atoms with Gasteiger partial charge < -0.3 is 19.4 Å². The Hall–Kier alpha value is -1.01. The molecule has 0 radical (unpaired) electrons. The Kier molecular flexibility index (Phi) is 5.65. The molecule has 2 rings (SSSR count). The lowest BCUT2D eigenvalue weighted by Crippen LogP contribution is -2.41. The fourth-order valence-corrected chi connectivity index (χ4v) is 3.27. The van der Waals surface area contributed by atoms with Crippen LogP contribution in [0.4, 0.5) is 4.79 Å². The van der Waals surface area contributed by atoms with Crippen molar-refractivity contribution in [3.8, 4) is 0 Å². The normalized spacial score (nSPS) is 28.5. The third kappa shape index (κ3) is 5.01. The lowest BCUT2D eigenvalue weighted by molar-refractivity contribution is 0.00578. The Morgan fingerprint density at radius 1 is 1.08 bits per heavy atom. The maximum absolute atomic E-state index is 11.9. The zero-order chi connectivity index (χ0) is 19.0. The molecule has 5 nitrogen and oxygen atoms in total. The Bertz CT molecular complexity index is 500. The third-order valence-corrected chi connectivity index (χ3v) is 5.53. The Morgan fingerprint density at radius 2 is 1.56 bits per heavy atom. The van der Waals surface area contributed by atoms with Gasteiger partial charge in [-0.15, -0.1) is 6.58 Å². The summed E-state index contributed by atoms with van der Waals surface area (Å²) in [5.41, 5.74) is -0.118. The number of rotatable bonds is 3. The molecule has 2 fully saturated rings. The van der Waals surface area contributed by atoms with Crippen LogP contribution in [0.5, 0.6) is 0 Å². The van der Waals surface area contributed by atoms with E-state index in [9.17, 15) is 4.79 Å². The highest BCUT2D eigenvalue weighted by atomic mass is 16.7.